The molecule has 1 saturated carbocycles. The predicted molar refractivity (Wildman–Crippen MR) is 165 cm³/mol. The van der Waals surface area contributed by atoms with Crippen LogP contribution in [0.2, 0.25) is 0 Å². The highest BCUT2D eigenvalue weighted by Gasteiger charge is 2.36. The van der Waals surface area contributed by atoms with Crippen LogP contribution in [0.1, 0.15) is 36.8 Å². The van der Waals surface area contributed by atoms with Crippen molar-refractivity contribution in [3.8, 4) is 22.5 Å². The summed E-state index contributed by atoms with van der Waals surface area (Å²) in [6.07, 6.45) is 5.33. The summed E-state index contributed by atoms with van der Waals surface area (Å²) < 4.78 is 0. The molecule has 11 nitrogen and oxygen atoms in total. The van der Waals surface area contributed by atoms with Gasteiger partial charge in [0.05, 0.1) is 11.7 Å². The minimum atomic E-state index is -0.892. The molecule has 2 aromatic heterocycles. The second-order valence-electron chi connectivity index (χ2n) is 11.4. The number of fused-ring (bicyclic) bond motifs is 1. The summed E-state index contributed by atoms with van der Waals surface area (Å²) in [7, 11) is 0. The van der Waals surface area contributed by atoms with Gasteiger partial charge in [0.25, 0.3) is 0 Å². The molecule has 5 aromatic rings. The Morgan fingerprint density at radius 1 is 1.02 bits per heavy atom. The summed E-state index contributed by atoms with van der Waals surface area (Å²) in [5.41, 5.74) is 18.4. The van der Waals surface area contributed by atoms with Crippen LogP contribution < -0.4 is 16.4 Å². The molecular weight excluding hydrogens is 542 g/mol. The second kappa shape index (κ2) is 12.1. The van der Waals surface area contributed by atoms with Gasteiger partial charge in [-0.2, -0.15) is 10.3 Å². The van der Waals surface area contributed by atoms with Crippen molar-refractivity contribution in [1.82, 2.24) is 30.8 Å². The van der Waals surface area contributed by atoms with Crippen LogP contribution in [0.15, 0.2) is 66.9 Å². The quantitative estimate of drug-likeness (QED) is 0.205. The molecule has 0 saturated heterocycles. The Labute approximate surface area is 249 Å². The normalized spacial score (nSPS) is 17.5. The van der Waals surface area contributed by atoms with E-state index in [1.165, 1.54) is 0 Å². The number of primary amides is 1. The van der Waals surface area contributed by atoms with Gasteiger partial charge in [0.2, 0.25) is 17.6 Å². The first kappa shape index (κ1) is 28.2. The molecule has 0 aliphatic heterocycles. The predicted octanol–water partition coefficient (Wildman–Crippen LogP) is 3.91. The number of nitrogens with zero attached hydrogens (tertiary/aromatic N) is 5. The number of carbonyl (C=O) groups is 2. The topological polar surface area (TPSA) is 173 Å². The third-order valence-electron chi connectivity index (χ3n) is 8.63. The van der Waals surface area contributed by atoms with E-state index in [1.807, 2.05) is 54.7 Å². The summed E-state index contributed by atoms with van der Waals surface area (Å²) in [6.45, 7) is 2.69. The van der Waals surface area contributed by atoms with Gasteiger partial charge in [-0.05, 0) is 103 Å². The summed E-state index contributed by atoms with van der Waals surface area (Å²) in [6, 6.07) is 18.5. The van der Waals surface area contributed by atoms with Crippen LogP contribution in [0.25, 0.3) is 33.4 Å². The van der Waals surface area contributed by atoms with Crippen molar-refractivity contribution < 1.29 is 9.59 Å². The highest BCUT2D eigenvalue weighted by Crippen LogP contribution is 2.34. The number of amides is 2. The number of aryl methyl sites for hydroxylation is 1. The average molecular weight is 578 g/mol. The van der Waals surface area contributed by atoms with Gasteiger partial charge in [-0.25, -0.2) is 0 Å². The highest BCUT2D eigenvalue weighted by molar-refractivity contribution is 6.02. The second-order valence-corrected chi connectivity index (χ2v) is 11.4. The van der Waals surface area contributed by atoms with Crippen molar-refractivity contribution in [3.63, 3.8) is 0 Å². The summed E-state index contributed by atoms with van der Waals surface area (Å²) in [5.74, 6) is -0.0130. The van der Waals surface area contributed by atoms with E-state index in [4.69, 9.17) is 11.5 Å². The zero-order valence-electron chi connectivity index (χ0n) is 24.0. The Balaban J connectivity index is 1.35. The molecule has 2 heterocycles. The number of benzene rings is 3. The Hall–Kier alpha value is -4.90. The number of anilines is 1. The van der Waals surface area contributed by atoms with Gasteiger partial charge in [0, 0.05) is 29.0 Å². The van der Waals surface area contributed by atoms with E-state index in [1.54, 1.807) is 4.90 Å². The summed E-state index contributed by atoms with van der Waals surface area (Å²) in [5, 5.41) is 22.5. The molecule has 0 bridgehead atoms. The zero-order chi connectivity index (χ0) is 29.9. The van der Waals surface area contributed by atoms with Crippen LogP contribution in [0.3, 0.4) is 0 Å². The highest BCUT2D eigenvalue weighted by atomic mass is 16.2. The van der Waals surface area contributed by atoms with Gasteiger partial charge in [0.1, 0.15) is 6.04 Å². The van der Waals surface area contributed by atoms with Gasteiger partial charge >= 0.3 is 0 Å². The summed E-state index contributed by atoms with van der Waals surface area (Å²) >= 11 is 0. The molecule has 0 unspecified atom stereocenters. The minimum absolute atomic E-state index is 0.0956. The number of carbonyl (C=O) groups excluding carboxylic acids is 2. The van der Waals surface area contributed by atoms with Crippen molar-refractivity contribution in [1.29, 1.82) is 0 Å². The van der Waals surface area contributed by atoms with Gasteiger partial charge in [-0.3, -0.25) is 19.6 Å². The Bertz CT molecular complexity index is 1720. The number of rotatable bonds is 9. The fourth-order valence-electron chi connectivity index (χ4n) is 6.26. The third-order valence-corrected chi connectivity index (χ3v) is 8.63. The van der Waals surface area contributed by atoms with Crippen molar-refractivity contribution >= 4 is 28.4 Å². The van der Waals surface area contributed by atoms with E-state index < -0.39 is 11.9 Å². The number of hydrogen-bond acceptors (Lipinski definition) is 7. The van der Waals surface area contributed by atoms with Crippen molar-refractivity contribution in [3.05, 3.63) is 78.0 Å². The third kappa shape index (κ3) is 5.76. The average Bonchev–Trinajstić information content (AvgIpc) is 3.74. The fourth-order valence-corrected chi connectivity index (χ4v) is 6.26. The molecule has 0 radical (unpaired) electrons. The first-order chi connectivity index (χ1) is 20.9. The number of nitrogens with one attached hydrogen (secondary N) is 2. The van der Waals surface area contributed by atoms with Crippen molar-refractivity contribution in [2.24, 2.45) is 23.3 Å². The molecule has 6 N–H and O–H groups in total. The smallest absolute Gasteiger partial charge is 0.240 e. The standard InChI is InChI=1S/C32H35N9O2/c1-19-5-14-27-26(18-35-36-27)29(19)24-4-2-3-21(15-24)16-28(30(34)42)41(32(43)23-8-6-20(17-33)7-9-23)25-12-10-22(11-13-25)31-37-39-40-38-31/h2-5,10-15,18,20,23,28H,6-9,16-17,33H2,1H3,(H2,34,42)(H,35,36)(H,37,38,39,40)/t20?,23?,28-/m0/s1. The maximum Gasteiger partial charge on any atom is 0.240 e. The van der Waals surface area contributed by atoms with Gasteiger partial charge in [-0.1, -0.05) is 30.3 Å². The van der Waals surface area contributed by atoms with Crippen LogP contribution in [0, 0.1) is 18.8 Å². The number of nitrogens with two attached hydrogens (primary N) is 2. The molecule has 0 spiro atoms. The maximum atomic E-state index is 14.2. The molecule has 2 amide bonds. The van der Waals surface area contributed by atoms with Crippen LogP contribution in [-0.2, 0) is 16.0 Å². The molecule has 1 fully saturated rings. The molecule has 11 heteroatoms. The molecule has 6 rings (SSSR count). The number of aromatic nitrogens is 6. The van der Waals surface area contributed by atoms with Gasteiger partial charge < -0.3 is 11.5 Å². The van der Waals surface area contributed by atoms with Crippen LogP contribution in [-0.4, -0.2) is 55.2 Å². The van der Waals surface area contributed by atoms with E-state index in [-0.39, 0.29) is 18.2 Å². The lowest BCUT2D eigenvalue weighted by Gasteiger charge is -2.35. The largest absolute Gasteiger partial charge is 0.368 e. The van der Waals surface area contributed by atoms with Crippen molar-refractivity contribution in [2.75, 3.05) is 11.4 Å². The molecule has 3 aromatic carbocycles. The first-order valence-corrected chi connectivity index (χ1v) is 14.6. The van der Waals surface area contributed by atoms with Crippen molar-refractivity contribution in [2.45, 2.75) is 45.1 Å². The zero-order valence-corrected chi connectivity index (χ0v) is 24.0. The number of tetrazole rings is 1. The number of H-pyrrole nitrogens is 2. The van der Waals surface area contributed by atoms with Crippen LogP contribution in [0.5, 0.6) is 0 Å². The lowest BCUT2D eigenvalue weighted by molar-refractivity contribution is -0.127. The minimum Gasteiger partial charge on any atom is -0.368 e. The van der Waals surface area contributed by atoms with Crippen LogP contribution in [0.4, 0.5) is 5.69 Å². The summed E-state index contributed by atoms with van der Waals surface area (Å²) in [4.78, 5) is 29.0. The lowest BCUT2D eigenvalue weighted by atomic mass is 9.81. The number of aromatic amines is 2. The molecule has 1 atom stereocenters. The molecule has 220 valence electrons. The molecule has 1 aliphatic carbocycles. The van der Waals surface area contributed by atoms with Gasteiger partial charge in [0.15, 0.2) is 0 Å². The van der Waals surface area contributed by atoms with E-state index in [0.717, 1.165) is 64.4 Å². The number of hydrogen-bond donors (Lipinski definition) is 4. The first-order valence-electron chi connectivity index (χ1n) is 14.6. The van der Waals surface area contributed by atoms with E-state index in [2.05, 4.69) is 49.9 Å². The molecule has 1 aliphatic rings. The Kier molecular flexibility index (Phi) is 7.97. The Morgan fingerprint density at radius 2 is 1.81 bits per heavy atom. The fraction of sp³-hybridized carbons (Fsp3) is 0.312. The SMILES string of the molecule is Cc1ccc2[nH]ncc2c1-c1cccc(C[C@@H](C(N)=O)N(C(=O)C2CCC(CN)CC2)c2ccc(-c3nn[nH]n3)cc2)c1. The van der Waals surface area contributed by atoms with E-state index in [0.29, 0.717) is 24.0 Å². The van der Waals surface area contributed by atoms with Gasteiger partial charge in [-0.15, -0.1) is 10.2 Å². The maximum absolute atomic E-state index is 14.2. The monoisotopic (exact) mass is 577 g/mol. The van der Waals surface area contributed by atoms with E-state index >= 15 is 0 Å². The van der Waals surface area contributed by atoms with E-state index in [9.17, 15) is 9.59 Å². The molecular formula is C32H35N9O2. The lowest BCUT2D eigenvalue weighted by Crippen LogP contribution is -2.52. The molecule has 43 heavy (non-hydrogen) atoms. The Morgan fingerprint density at radius 3 is 2.51 bits per heavy atom. The van der Waals surface area contributed by atoms with Crippen LogP contribution >= 0.6 is 0 Å².